The Hall–Kier alpha value is -3.06. The molecule has 0 radical (unpaired) electrons. The molecular formula is C25H30FN3O3. The summed E-state index contributed by atoms with van der Waals surface area (Å²) in [7, 11) is 1.68. The van der Waals surface area contributed by atoms with Crippen molar-refractivity contribution in [2.75, 3.05) is 26.8 Å². The van der Waals surface area contributed by atoms with Gasteiger partial charge in [-0.15, -0.1) is 0 Å². The number of nitrogens with two attached hydrogens (primary N) is 1. The number of ether oxygens (including phenoxy) is 2. The van der Waals surface area contributed by atoms with E-state index in [4.69, 9.17) is 15.2 Å². The van der Waals surface area contributed by atoms with Crippen molar-refractivity contribution in [1.29, 1.82) is 0 Å². The number of benzene rings is 2. The summed E-state index contributed by atoms with van der Waals surface area (Å²) in [6, 6.07) is 8.85. The van der Waals surface area contributed by atoms with E-state index in [1.54, 1.807) is 7.11 Å². The number of nitrogens with zero attached hydrogens (tertiary/aromatic N) is 1. The lowest BCUT2D eigenvalue weighted by molar-refractivity contribution is 0.0984. The van der Waals surface area contributed by atoms with Crippen LogP contribution in [0.15, 0.2) is 36.5 Å². The van der Waals surface area contributed by atoms with E-state index in [1.165, 1.54) is 23.1 Å². The topological polar surface area (TPSA) is 80.6 Å². The van der Waals surface area contributed by atoms with Gasteiger partial charge in [-0.3, -0.25) is 9.69 Å². The zero-order valence-electron chi connectivity index (χ0n) is 18.6. The number of aromatic amines is 1. The highest BCUT2D eigenvalue weighted by atomic mass is 19.1. The Bertz CT molecular complexity index is 1110. The van der Waals surface area contributed by atoms with Crippen molar-refractivity contribution in [3.8, 4) is 11.5 Å². The third-order valence-electron chi connectivity index (χ3n) is 6.24. The average molecular weight is 440 g/mol. The molecule has 1 aromatic heterocycles. The molecule has 0 fully saturated rings. The summed E-state index contributed by atoms with van der Waals surface area (Å²) in [6.45, 7) is 4.34. The summed E-state index contributed by atoms with van der Waals surface area (Å²) in [5.74, 6) is 0.0150. The number of rotatable bonds is 9. The summed E-state index contributed by atoms with van der Waals surface area (Å²) in [5.41, 5.74) is 8.74. The first-order valence-electron chi connectivity index (χ1n) is 11.1. The van der Waals surface area contributed by atoms with E-state index in [9.17, 15) is 9.18 Å². The van der Waals surface area contributed by atoms with E-state index in [-0.39, 0.29) is 11.8 Å². The van der Waals surface area contributed by atoms with Crippen LogP contribution in [-0.4, -0.2) is 48.6 Å². The summed E-state index contributed by atoms with van der Waals surface area (Å²) in [5, 5.41) is 1.18. The number of carbonyl (C=O) groups excluding carboxylic acids is 1. The largest absolute Gasteiger partial charge is 0.495 e. The predicted molar refractivity (Wildman–Crippen MR) is 123 cm³/mol. The Morgan fingerprint density at radius 3 is 2.91 bits per heavy atom. The van der Waals surface area contributed by atoms with Crippen molar-refractivity contribution in [1.82, 2.24) is 9.88 Å². The predicted octanol–water partition coefficient (Wildman–Crippen LogP) is 4.06. The zero-order valence-corrected chi connectivity index (χ0v) is 18.6. The van der Waals surface area contributed by atoms with E-state index in [1.807, 2.05) is 12.1 Å². The molecule has 1 unspecified atom stereocenters. The number of halogens is 1. The van der Waals surface area contributed by atoms with Gasteiger partial charge in [-0.1, -0.05) is 19.1 Å². The molecule has 0 spiro atoms. The van der Waals surface area contributed by atoms with Crippen LogP contribution in [0, 0.1) is 5.82 Å². The van der Waals surface area contributed by atoms with Crippen LogP contribution in [-0.2, 0) is 12.8 Å². The molecule has 1 amide bonds. The molecule has 1 aliphatic rings. The van der Waals surface area contributed by atoms with Gasteiger partial charge < -0.3 is 20.2 Å². The second kappa shape index (κ2) is 9.61. The number of hydrogen-bond donors (Lipinski definition) is 2. The number of carbonyl (C=O) groups is 1. The van der Waals surface area contributed by atoms with Gasteiger partial charge in [-0.25, -0.2) is 4.39 Å². The maximum Gasteiger partial charge on any atom is 0.249 e. The fourth-order valence-corrected chi connectivity index (χ4v) is 4.70. The van der Waals surface area contributed by atoms with Gasteiger partial charge in [0, 0.05) is 28.8 Å². The third kappa shape index (κ3) is 4.30. The van der Waals surface area contributed by atoms with Gasteiger partial charge in [0.15, 0.2) is 11.6 Å². The molecule has 4 rings (SSSR count). The molecular weight excluding hydrogens is 409 g/mol. The minimum atomic E-state index is -0.553. The number of primary amides is 1. The average Bonchev–Trinajstić information content (AvgIpc) is 3.21. The molecule has 1 aliphatic heterocycles. The number of hydrogen-bond acceptors (Lipinski definition) is 4. The van der Waals surface area contributed by atoms with Crippen LogP contribution in [0.4, 0.5) is 4.39 Å². The quantitative estimate of drug-likeness (QED) is 0.527. The second-order valence-corrected chi connectivity index (χ2v) is 8.27. The Balaban J connectivity index is 1.46. The summed E-state index contributed by atoms with van der Waals surface area (Å²) in [4.78, 5) is 17.6. The molecule has 0 saturated heterocycles. The zero-order chi connectivity index (χ0) is 22.7. The maximum atomic E-state index is 14.2. The van der Waals surface area contributed by atoms with Crippen molar-refractivity contribution in [2.45, 2.75) is 38.6 Å². The highest BCUT2D eigenvalue weighted by Gasteiger charge is 2.30. The van der Waals surface area contributed by atoms with E-state index < -0.39 is 11.7 Å². The fraction of sp³-hybridized carbons (Fsp3) is 0.400. The minimum absolute atomic E-state index is 0.0745. The monoisotopic (exact) mass is 439 g/mol. The van der Waals surface area contributed by atoms with Crippen molar-refractivity contribution in [2.24, 2.45) is 5.73 Å². The minimum Gasteiger partial charge on any atom is -0.495 e. The molecule has 6 nitrogen and oxygen atoms in total. The number of fused-ring (bicyclic) bond motifs is 2. The lowest BCUT2D eigenvalue weighted by Gasteiger charge is -2.35. The van der Waals surface area contributed by atoms with Gasteiger partial charge in [0.25, 0.3) is 0 Å². The third-order valence-corrected chi connectivity index (χ3v) is 6.24. The highest BCUT2D eigenvalue weighted by Crippen LogP contribution is 2.33. The molecule has 170 valence electrons. The number of methoxy groups -OCH3 is 1. The summed E-state index contributed by atoms with van der Waals surface area (Å²) in [6.07, 6.45) is 5.51. The highest BCUT2D eigenvalue weighted by molar-refractivity contribution is 5.95. The summed E-state index contributed by atoms with van der Waals surface area (Å²) < 4.78 is 25.5. The van der Waals surface area contributed by atoms with E-state index in [2.05, 4.69) is 29.1 Å². The Morgan fingerprint density at radius 1 is 1.31 bits per heavy atom. The fourth-order valence-electron chi connectivity index (χ4n) is 4.70. The van der Waals surface area contributed by atoms with Crippen LogP contribution in [0.3, 0.4) is 0 Å². The number of para-hydroxylation sites is 1. The number of nitrogens with one attached hydrogen (secondary N) is 1. The molecule has 32 heavy (non-hydrogen) atoms. The summed E-state index contributed by atoms with van der Waals surface area (Å²) >= 11 is 0. The van der Waals surface area contributed by atoms with E-state index in [0.717, 1.165) is 43.6 Å². The van der Waals surface area contributed by atoms with Crippen LogP contribution in [0.25, 0.3) is 10.9 Å². The number of aromatic nitrogens is 1. The van der Waals surface area contributed by atoms with Gasteiger partial charge in [0.1, 0.15) is 12.4 Å². The van der Waals surface area contributed by atoms with E-state index >= 15 is 0 Å². The van der Waals surface area contributed by atoms with Crippen molar-refractivity contribution >= 4 is 16.8 Å². The first-order valence-corrected chi connectivity index (χ1v) is 11.1. The number of H-pyrrole nitrogens is 1. The lowest BCUT2D eigenvalue weighted by atomic mass is 9.95. The smallest absolute Gasteiger partial charge is 0.249 e. The van der Waals surface area contributed by atoms with Crippen LogP contribution in [0.1, 0.15) is 41.3 Å². The SMILES string of the molecule is CCCN(CCCc1c[nH]c2c(OC)cccc12)C1COc2c(F)ccc(C(N)=O)c2C1. The van der Waals surface area contributed by atoms with Gasteiger partial charge in [0.2, 0.25) is 5.91 Å². The van der Waals surface area contributed by atoms with Gasteiger partial charge >= 0.3 is 0 Å². The van der Waals surface area contributed by atoms with Crippen LogP contribution >= 0.6 is 0 Å². The Labute approximate surface area is 187 Å². The van der Waals surface area contributed by atoms with Crippen LogP contribution < -0.4 is 15.2 Å². The molecule has 2 aromatic carbocycles. The molecule has 0 bridgehead atoms. The first-order chi connectivity index (χ1) is 15.5. The van der Waals surface area contributed by atoms with Crippen molar-refractivity contribution in [3.63, 3.8) is 0 Å². The van der Waals surface area contributed by atoms with Gasteiger partial charge in [-0.05, 0) is 62.5 Å². The van der Waals surface area contributed by atoms with Crippen molar-refractivity contribution < 1.29 is 18.7 Å². The van der Waals surface area contributed by atoms with Crippen LogP contribution in [0.2, 0.25) is 0 Å². The number of amides is 1. The van der Waals surface area contributed by atoms with Gasteiger partial charge in [0.05, 0.1) is 12.6 Å². The lowest BCUT2D eigenvalue weighted by Crippen LogP contribution is -2.44. The standard InChI is InChI=1S/C25H30FN3O3/c1-3-11-29(12-5-6-16-14-28-23-18(16)7-4-8-22(23)31-2)17-13-20-19(25(27)30)9-10-21(26)24(20)32-15-17/h4,7-10,14,17,28H,3,5-6,11-13,15H2,1-2H3,(H2,27,30). The van der Waals surface area contributed by atoms with Crippen LogP contribution in [0.5, 0.6) is 11.5 Å². The molecule has 0 aliphatic carbocycles. The maximum absolute atomic E-state index is 14.2. The van der Waals surface area contributed by atoms with Gasteiger partial charge in [-0.2, -0.15) is 0 Å². The molecule has 1 atom stereocenters. The van der Waals surface area contributed by atoms with Crippen molar-refractivity contribution in [3.05, 3.63) is 59.0 Å². The molecule has 3 aromatic rings. The van der Waals surface area contributed by atoms with E-state index in [0.29, 0.717) is 24.2 Å². The molecule has 7 heteroatoms. The first kappa shape index (κ1) is 22.1. The Kier molecular flexibility index (Phi) is 6.65. The molecule has 3 N–H and O–H groups in total. The second-order valence-electron chi connectivity index (χ2n) is 8.27. The molecule has 2 heterocycles. The normalized spacial score (nSPS) is 15.6. The Morgan fingerprint density at radius 2 is 2.16 bits per heavy atom. The number of aryl methyl sites for hydroxylation is 1. The molecule has 0 saturated carbocycles.